The number of carbonyl (C=O) groups excluding carboxylic acids is 1. The van der Waals surface area contributed by atoms with E-state index in [1.165, 1.54) is 12.1 Å². The number of nitrogens with one attached hydrogen (secondary N) is 1. The molecule has 0 aliphatic rings. The summed E-state index contributed by atoms with van der Waals surface area (Å²) in [4.78, 5) is 29.6. The second-order valence-corrected chi connectivity index (χ2v) is 5.40. The number of nitro benzene ring substituents is 1. The molecule has 1 aromatic carbocycles. The largest absolute Gasteiger partial charge is 0.457 e. The monoisotopic (exact) mass is 325 g/mol. The Hall–Kier alpha value is -3.22. The van der Waals surface area contributed by atoms with Crippen molar-refractivity contribution in [2.45, 2.75) is 19.4 Å². The molecule has 24 heavy (non-hydrogen) atoms. The fourth-order valence-electron chi connectivity index (χ4n) is 2.51. The molecular weight excluding hydrogens is 310 g/mol. The number of rotatable bonds is 5. The molecule has 0 spiro atoms. The summed E-state index contributed by atoms with van der Waals surface area (Å²) in [5.74, 6) is -0.404. The maximum Gasteiger partial charge on any atom is 0.310 e. The van der Waals surface area contributed by atoms with Crippen molar-refractivity contribution in [3.05, 3.63) is 70.2 Å². The Morgan fingerprint density at radius 2 is 2.25 bits per heavy atom. The highest BCUT2D eigenvalue weighted by Crippen LogP contribution is 2.25. The predicted octanol–water partition coefficient (Wildman–Crippen LogP) is 3.32. The van der Waals surface area contributed by atoms with Crippen LogP contribution in [0.3, 0.4) is 0 Å². The third-order valence-corrected chi connectivity index (χ3v) is 3.76. The first-order valence-corrected chi connectivity index (χ1v) is 7.38. The van der Waals surface area contributed by atoms with Crippen LogP contribution in [0.1, 0.15) is 24.2 Å². The molecule has 0 aliphatic heterocycles. The molecule has 7 nitrogen and oxygen atoms in total. The standard InChI is InChI=1S/C17H15N3O4/c1-11(12-3-2-6-18-9-12)24-17(21)7-13-10-19-16-5-4-14(20(22)23)8-15(13)16/h2-6,8-11,19H,7H2,1H3/t11-/m0/s1. The number of ether oxygens (including phenoxy) is 1. The molecule has 3 aromatic rings. The molecule has 0 fully saturated rings. The van der Waals surface area contributed by atoms with Gasteiger partial charge >= 0.3 is 5.97 Å². The van der Waals surface area contributed by atoms with Gasteiger partial charge in [0.25, 0.3) is 5.69 Å². The van der Waals surface area contributed by atoms with Crippen LogP contribution < -0.4 is 0 Å². The topological polar surface area (TPSA) is 98.1 Å². The minimum Gasteiger partial charge on any atom is -0.457 e. The van der Waals surface area contributed by atoms with E-state index in [0.717, 1.165) is 11.1 Å². The van der Waals surface area contributed by atoms with E-state index < -0.39 is 17.0 Å². The van der Waals surface area contributed by atoms with Crippen molar-refractivity contribution in [2.75, 3.05) is 0 Å². The minimum absolute atomic E-state index is 0.0135. The summed E-state index contributed by atoms with van der Waals surface area (Å²) in [7, 11) is 0. The molecule has 7 heteroatoms. The quantitative estimate of drug-likeness (QED) is 0.441. The molecule has 3 rings (SSSR count). The fourth-order valence-corrected chi connectivity index (χ4v) is 2.51. The number of hydrogen-bond donors (Lipinski definition) is 1. The lowest BCUT2D eigenvalue weighted by Crippen LogP contribution is -2.11. The second kappa shape index (κ2) is 6.49. The van der Waals surface area contributed by atoms with Crippen LogP contribution in [0, 0.1) is 10.1 Å². The van der Waals surface area contributed by atoms with Crippen molar-refractivity contribution in [3.63, 3.8) is 0 Å². The SMILES string of the molecule is C[C@H](OC(=O)Cc1c[nH]c2ccc([N+](=O)[O-])cc12)c1cccnc1. The first kappa shape index (κ1) is 15.7. The number of non-ortho nitro benzene ring substituents is 1. The molecule has 2 heterocycles. The van der Waals surface area contributed by atoms with Crippen molar-refractivity contribution >= 4 is 22.6 Å². The van der Waals surface area contributed by atoms with E-state index in [2.05, 4.69) is 9.97 Å². The molecule has 122 valence electrons. The van der Waals surface area contributed by atoms with Gasteiger partial charge in [0, 0.05) is 47.2 Å². The smallest absolute Gasteiger partial charge is 0.310 e. The van der Waals surface area contributed by atoms with Crippen LogP contribution in [0.5, 0.6) is 0 Å². The third kappa shape index (κ3) is 3.24. The zero-order valence-electron chi connectivity index (χ0n) is 12.9. The predicted molar refractivity (Wildman–Crippen MR) is 87.4 cm³/mol. The van der Waals surface area contributed by atoms with E-state index in [1.54, 1.807) is 37.6 Å². The number of esters is 1. The van der Waals surface area contributed by atoms with E-state index >= 15 is 0 Å². The van der Waals surface area contributed by atoms with Gasteiger partial charge in [0.1, 0.15) is 6.10 Å². The maximum absolute atomic E-state index is 12.2. The number of H-pyrrole nitrogens is 1. The van der Waals surface area contributed by atoms with E-state index in [0.29, 0.717) is 10.9 Å². The first-order chi connectivity index (χ1) is 11.5. The number of pyridine rings is 1. The molecule has 0 amide bonds. The minimum atomic E-state index is -0.459. The Labute approximate surface area is 137 Å². The van der Waals surface area contributed by atoms with Crippen LogP contribution in [-0.2, 0) is 16.0 Å². The first-order valence-electron chi connectivity index (χ1n) is 7.38. The molecule has 0 saturated carbocycles. The van der Waals surface area contributed by atoms with Crippen LogP contribution in [0.15, 0.2) is 48.9 Å². The second-order valence-electron chi connectivity index (χ2n) is 5.40. The van der Waals surface area contributed by atoms with Gasteiger partial charge in [-0.3, -0.25) is 19.9 Å². The summed E-state index contributed by atoms with van der Waals surface area (Å²) >= 11 is 0. The fraction of sp³-hybridized carbons (Fsp3) is 0.176. The van der Waals surface area contributed by atoms with Gasteiger partial charge in [-0.25, -0.2) is 0 Å². The highest BCUT2D eigenvalue weighted by molar-refractivity contribution is 5.88. The number of benzene rings is 1. The van der Waals surface area contributed by atoms with Gasteiger partial charge in [-0.05, 0) is 24.6 Å². The molecule has 0 aliphatic carbocycles. The third-order valence-electron chi connectivity index (χ3n) is 3.76. The van der Waals surface area contributed by atoms with Crippen LogP contribution >= 0.6 is 0 Å². The molecular formula is C17H15N3O4. The lowest BCUT2D eigenvalue weighted by molar-refractivity contribution is -0.384. The molecule has 1 atom stereocenters. The lowest BCUT2D eigenvalue weighted by Gasteiger charge is -2.12. The lowest BCUT2D eigenvalue weighted by atomic mass is 10.1. The summed E-state index contributed by atoms with van der Waals surface area (Å²) in [5, 5.41) is 11.5. The van der Waals surface area contributed by atoms with Crippen molar-refractivity contribution in [2.24, 2.45) is 0 Å². The van der Waals surface area contributed by atoms with Crippen molar-refractivity contribution in [3.8, 4) is 0 Å². The number of nitro groups is 1. The maximum atomic E-state index is 12.2. The summed E-state index contributed by atoms with van der Waals surface area (Å²) in [6.45, 7) is 1.77. The van der Waals surface area contributed by atoms with E-state index in [1.807, 2.05) is 6.07 Å². The zero-order chi connectivity index (χ0) is 17.1. The Morgan fingerprint density at radius 3 is 2.96 bits per heavy atom. The summed E-state index contributed by atoms with van der Waals surface area (Å²) in [6.07, 6.45) is 4.59. The number of hydrogen-bond acceptors (Lipinski definition) is 5. The van der Waals surface area contributed by atoms with E-state index in [4.69, 9.17) is 4.74 Å². The van der Waals surface area contributed by atoms with E-state index in [-0.39, 0.29) is 12.1 Å². The normalized spacial score (nSPS) is 12.0. The summed E-state index contributed by atoms with van der Waals surface area (Å²) in [6, 6.07) is 8.11. The van der Waals surface area contributed by atoms with Gasteiger partial charge in [-0.2, -0.15) is 0 Å². The van der Waals surface area contributed by atoms with Gasteiger partial charge in [0.05, 0.1) is 11.3 Å². The molecule has 2 aromatic heterocycles. The number of nitrogens with zero attached hydrogens (tertiary/aromatic N) is 2. The van der Waals surface area contributed by atoms with Crippen molar-refractivity contribution in [1.29, 1.82) is 0 Å². The number of fused-ring (bicyclic) bond motifs is 1. The van der Waals surface area contributed by atoms with Gasteiger partial charge in [-0.15, -0.1) is 0 Å². The Kier molecular flexibility index (Phi) is 4.24. The van der Waals surface area contributed by atoms with Crippen molar-refractivity contribution in [1.82, 2.24) is 9.97 Å². The molecule has 0 saturated heterocycles. The Balaban J connectivity index is 1.76. The van der Waals surface area contributed by atoms with Gasteiger partial charge in [0.2, 0.25) is 0 Å². The van der Waals surface area contributed by atoms with Crippen molar-refractivity contribution < 1.29 is 14.5 Å². The average Bonchev–Trinajstić information content (AvgIpc) is 2.97. The molecule has 0 bridgehead atoms. The van der Waals surface area contributed by atoms with Gasteiger partial charge < -0.3 is 9.72 Å². The number of carbonyl (C=O) groups is 1. The van der Waals surface area contributed by atoms with Gasteiger partial charge in [0.15, 0.2) is 0 Å². The zero-order valence-corrected chi connectivity index (χ0v) is 12.9. The van der Waals surface area contributed by atoms with Crippen LogP contribution in [-0.4, -0.2) is 20.9 Å². The highest BCUT2D eigenvalue weighted by atomic mass is 16.6. The summed E-state index contributed by atoms with van der Waals surface area (Å²) < 4.78 is 5.41. The number of aromatic amines is 1. The average molecular weight is 325 g/mol. The Morgan fingerprint density at radius 1 is 1.42 bits per heavy atom. The molecule has 0 unspecified atom stereocenters. The Bertz CT molecular complexity index is 889. The van der Waals surface area contributed by atoms with Crippen LogP contribution in [0.4, 0.5) is 5.69 Å². The molecule has 1 N–H and O–H groups in total. The van der Waals surface area contributed by atoms with Crippen LogP contribution in [0.25, 0.3) is 10.9 Å². The van der Waals surface area contributed by atoms with Crippen LogP contribution in [0.2, 0.25) is 0 Å². The van der Waals surface area contributed by atoms with E-state index in [9.17, 15) is 14.9 Å². The number of aromatic nitrogens is 2. The molecule has 0 radical (unpaired) electrons. The van der Waals surface area contributed by atoms with Gasteiger partial charge in [-0.1, -0.05) is 6.07 Å². The highest BCUT2D eigenvalue weighted by Gasteiger charge is 2.16. The summed E-state index contributed by atoms with van der Waals surface area (Å²) in [5.41, 5.74) is 2.20.